The van der Waals surface area contributed by atoms with Gasteiger partial charge in [0.15, 0.2) is 9.84 Å². The van der Waals surface area contributed by atoms with Crippen molar-refractivity contribution >= 4 is 15.9 Å². The van der Waals surface area contributed by atoms with E-state index in [0.717, 1.165) is 18.4 Å². The number of carbonyl (C=O) groups is 1. The molecular formula is C18H30N2O3S. The van der Waals surface area contributed by atoms with Crippen molar-refractivity contribution in [2.45, 2.75) is 63.4 Å². The maximum Gasteiger partial charge on any atom is 0.317 e. The van der Waals surface area contributed by atoms with E-state index in [1.54, 1.807) is 36.2 Å². The van der Waals surface area contributed by atoms with Gasteiger partial charge in [-0.15, -0.1) is 0 Å². The van der Waals surface area contributed by atoms with Gasteiger partial charge in [0.25, 0.3) is 0 Å². The van der Waals surface area contributed by atoms with Crippen LogP contribution in [-0.2, 0) is 9.84 Å². The molecule has 2 atom stereocenters. The molecule has 0 bridgehead atoms. The fraction of sp³-hybridized carbons (Fsp3) is 0.611. The molecule has 6 heteroatoms. The van der Waals surface area contributed by atoms with Gasteiger partial charge < -0.3 is 10.2 Å². The number of nitrogens with zero attached hydrogens (tertiary/aromatic N) is 1. The number of rotatable bonds is 8. The Bertz CT molecular complexity index is 626. The van der Waals surface area contributed by atoms with E-state index in [1.807, 2.05) is 13.8 Å². The molecule has 0 aliphatic rings. The molecule has 0 fully saturated rings. The third kappa shape index (κ3) is 6.15. The molecule has 0 radical (unpaired) electrons. The fourth-order valence-corrected chi connectivity index (χ4v) is 3.11. The highest BCUT2D eigenvalue weighted by Gasteiger charge is 2.19. The lowest BCUT2D eigenvalue weighted by Gasteiger charge is -2.27. The number of amides is 2. The SMILES string of the molecule is CCCCCC(C)NC(=O)N(C)C(C)c1ccc(S(C)(=O)=O)cc1. The van der Waals surface area contributed by atoms with E-state index in [-0.39, 0.29) is 23.0 Å². The Morgan fingerprint density at radius 2 is 1.75 bits per heavy atom. The first-order chi connectivity index (χ1) is 11.2. The second-order valence-corrected chi connectivity index (χ2v) is 8.49. The van der Waals surface area contributed by atoms with Crippen molar-refractivity contribution in [3.8, 4) is 0 Å². The maximum atomic E-state index is 12.3. The first-order valence-electron chi connectivity index (χ1n) is 8.50. The van der Waals surface area contributed by atoms with E-state index in [2.05, 4.69) is 12.2 Å². The second kappa shape index (κ2) is 9.06. The summed E-state index contributed by atoms with van der Waals surface area (Å²) in [6.07, 6.45) is 5.63. The summed E-state index contributed by atoms with van der Waals surface area (Å²) >= 11 is 0. The molecule has 0 aliphatic carbocycles. The molecule has 1 N–H and O–H groups in total. The van der Waals surface area contributed by atoms with Crippen LogP contribution in [0, 0.1) is 0 Å². The van der Waals surface area contributed by atoms with Crippen molar-refractivity contribution in [3.05, 3.63) is 29.8 Å². The molecule has 0 saturated heterocycles. The molecule has 136 valence electrons. The van der Waals surface area contributed by atoms with Gasteiger partial charge in [-0.05, 0) is 38.0 Å². The van der Waals surface area contributed by atoms with Gasteiger partial charge in [0.05, 0.1) is 10.9 Å². The van der Waals surface area contributed by atoms with E-state index in [0.29, 0.717) is 0 Å². The fourth-order valence-electron chi connectivity index (χ4n) is 2.48. The molecule has 1 aromatic rings. The summed E-state index contributed by atoms with van der Waals surface area (Å²) in [6, 6.07) is 6.58. The van der Waals surface area contributed by atoms with Crippen LogP contribution in [0.2, 0.25) is 0 Å². The van der Waals surface area contributed by atoms with Gasteiger partial charge in [0, 0.05) is 19.3 Å². The monoisotopic (exact) mass is 354 g/mol. The highest BCUT2D eigenvalue weighted by atomic mass is 32.2. The van der Waals surface area contributed by atoms with Crippen LogP contribution in [0.1, 0.15) is 58.1 Å². The van der Waals surface area contributed by atoms with Crippen molar-refractivity contribution in [1.29, 1.82) is 0 Å². The van der Waals surface area contributed by atoms with Crippen molar-refractivity contribution in [2.24, 2.45) is 0 Å². The Morgan fingerprint density at radius 3 is 2.25 bits per heavy atom. The van der Waals surface area contributed by atoms with Crippen molar-refractivity contribution in [3.63, 3.8) is 0 Å². The number of unbranched alkanes of at least 4 members (excludes halogenated alkanes) is 2. The molecule has 0 heterocycles. The van der Waals surface area contributed by atoms with Crippen LogP contribution < -0.4 is 5.32 Å². The lowest BCUT2D eigenvalue weighted by Crippen LogP contribution is -2.42. The summed E-state index contributed by atoms with van der Waals surface area (Å²) < 4.78 is 23.0. The van der Waals surface area contributed by atoms with Gasteiger partial charge in [0.2, 0.25) is 0 Å². The Balaban J connectivity index is 2.66. The standard InChI is InChI=1S/C18H30N2O3S/c1-6-7-8-9-14(2)19-18(21)20(4)15(3)16-10-12-17(13-11-16)24(5,22)23/h10-15H,6-9H2,1-5H3,(H,19,21). The van der Waals surface area contributed by atoms with Gasteiger partial charge in [-0.25, -0.2) is 13.2 Å². The summed E-state index contributed by atoms with van der Waals surface area (Å²) in [5, 5.41) is 3.02. The van der Waals surface area contributed by atoms with Crippen LogP contribution >= 0.6 is 0 Å². The minimum atomic E-state index is -3.20. The van der Waals surface area contributed by atoms with E-state index in [4.69, 9.17) is 0 Å². The molecule has 0 aromatic heterocycles. The molecule has 1 rings (SSSR count). The topological polar surface area (TPSA) is 66.5 Å². The summed E-state index contributed by atoms with van der Waals surface area (Å²) in [6.45, 7) is 6.11. The van der Waals surface area contributed by atoms with Crippen molar-refractivity contribution in [1.82, 2.24) is 10.2 Å². The second-order valence-electron chi connectivity index (χ2n) is 6.47. The van der Waals surface area contributed by atoms with Crippen molar-refractivity contribution < 1.29 is 13.2 Å². The Labute approximate surface area is 146 Å². The molecular weight excluding hydrogens is 324 g/mol. The van der Waals surface area contributed by atoms with Crippen LogP contribution in [0.4, 0.5) is 4.79 Å². The normalized spacial score (nSPS) is 14.0. The van der Waals surface area contributed by atoms with Gasteiger partial charge in [-0.2, -0.15) is 0 Å². The molecule has 24 heavy (non-hydrogen) atoms. The van der Waals surface area contributed by atoms with Crippen LogP contribution in [0.3, 0.4) is 0 Å². The number of hydrogen-bond donors (Lipinski definition) is 1. The van der Waals surface area contributed by atoms with E-state index >= 15 is 0 Å². The first kappa shape index (κ1) is 20.5. The van der Waals surface area contributed by atoms with Crippen molar-refractivity contribution in [2.75, 3.05) is 13.3 Å². The predicted molar refractivity (Wildman–Crippen MR) is 97.9 cm³/mol. The Kier molecular flexibility index (Phi) is 7.73. The third-order valence-electron chi connectivity index (χ3n) is 4.30. The minimum absolute atomic E-state index is 0.112. The predicted octanol–water partition coefficient (Wildman–Crippen LogP) is 3.76. The van der Waals surface area contributed by atoms with Crippen LogP contribution in [0.25, 0.3) is 0 Å². The number of sulfone groups is 1. The maximum absolute atomic E-state index is 12.3. The Hall–Kier alpha value is -1.56. The zero-order valence-electron chi connectivity index (χ0n) is 15.4. The highest BCUT2D eigenvalue weighted by Crippen LogP contribution is 2.21. The molecule has 0 spiro atoms. The molecule has 5 nitrogen and oxygen atoms in total. The molecule has 2 unspecified atom stereocenters. The summed E-state index contributed by atoms with van der Waals surface area (Å²) in [4.78, 5) is 14.3. The van der Waals surface area contributed by atoms with E-state index in [9.17, 15) is 13.2 Å². The van der Waals surface area contributed by atoms with Gasteiger partial charge >= 0.3 is 6.03 Å². The van der Waals surface area contributed by atoms with Crippen LogP contribution in [-0.4, -0.2) is 38.7 Å². The number of benzene rings is 1. The highest BCUT2D eigenvalue weighted by molar-refractivity contribution is 7.90. The van der Waals surface area contributed by atoms with Gasteiger partial charge in [0.1, 0.15) is 0 Å². The average Bonchev–Trinajstić information content (AvgIpc) is 2.53. The zero-order valence-corrected chi connectivity index (χ0v) is 16.2. The Morgan fingerprint density at radius 1 is 1.17 bits per heavy atom. The molecule has 2 amide bonds. The van der Waals surface area contributed by atoms with Gasteiger partial charge in [-0.1, -0.05) is 38.3 Å². The smallest absolute Gasteiger partial charge is 0.317 e. The first-order valence-corrected chi connectivity index (χ1v) is 10.4. The zero-order chi connectivity index (χ0) is 18.3. The van der Waals surface area contributed by atoms with E-state index < -0.39 is 9.84 Å². The largest absolute Gasteiger partial charge is 0.336 e. The minimum Gasteiger partial charge on any atom is -0.336 e. The third-order valence-corrected chi connectivity index (χ3v) is 5.43. The summed E-state index contributed by atoms with van der Waals surface area (Å²) in [5.74, 6) is 0. The molecule has 0 aliphatic heterocycles. The number of carbonyl (C=O) groups excluding carboxylic acids is 1. The lowest BCUT2D eigenvalue weighted by molar-refractivity contribution is 0.190. The quantitative estimate of drug-likeness (QED) is 0.723. The number of hydrogen-bond acceptors (Lipinski definition) is 3. The van der Waals surface area contributed by atoms with Crippen LogP contribution in [0.5, 0.6) is 0 Å². The van der Waals surface area contributed by atoms with Crippen LogP contribution in [0.15, 0.2) is 29.2 Å². The van der Waals surface area contributed by atoms with E-state index in [1.165, 1.54) is 19.1 Å². The summed E-state index contributed by atoms with van der Waals surface area (Å²) in [5.41, 5.74) is 0.902. The van der Waals surface area contributed by atoms with Gasteiger partial charge in [-0.3, -0.25) is 0 Å². The molecule has 0 saturated carbocycles. The number of urea groups is 1. The lowest BCUT2D eigenvalue weighted by atomic mass is 10.1. The summed E-state index contributed by atoms with van der Waals surface area (Å²) in [7, 11) is -1.45. The molecule has 1 aromatic carbocycles. The number of nitrogens with one attached hydrogen (secondary N) is 1. The average molecular weight is 355 g/mol.